The molecule has 1 aromatic carbocycles. The first-order valence-electron chi connectivity index (χ1n) is 9.60. The van der Waals surface area contributed by atoms with Crippen LogP contribution in [0.3, 0.4) is 0 Å². The minimum atomic E-state index is -3.53. The van der Waals surface area contributed by atoms with E-state index in [1.165, 1.54) is 10.5 Å². The highest BCUT2D eigenvalue weighted by atomic mass is 32.2. The minimum absolute atomic E-state index is 0.110. The molecule has 1 aliphatic rings. The van der Waals surface area contributed by atoms with Crippen molar-refractivity contribution in [2.45, 2.75) is 11.8 Å². The number of piperazine rings is 1. The van der Waals surface area contributed by atoms with Gasteiger partial charge in [-0.25, -0.2) is 8.42 Å². The first kappa shape index (κ1) is 21.9. The van der Waals surface area contributed by atoms with Crippen molar-refractivity contribution in [1.29, 1.82) is 0 Å². The number of benzene rings is 1. The first-order valence-corrected chi connectivity index (χ1v) is 11.0. The zero-order valence-electron chi connectivity index (χ0n) is 16.7. The first-order chi connectivity index (χ1) is 14.3. The molecule has 1 saturated heterocycles. The predicted molar refractivity (Wildman–Crippen MR) is 112 cm³/mol. The van der Waals surface area contributed by atoms with Crippen LogP contribution >= 0.6 is 0 Å². The van der Waals surface area contributed by atoms with Crippen molar-refractivity contribution in [1.82, 2.24) is 19.5 Å². The van der Waals surface area contributed by atoms with Gasteiger partial charge in [-0.05, 0) is 31.2 Å². The maximum atomic E-state index is 12.7. The number of aryl methyl sites for hydroxylation is 1. The third-order valence-electron chi connectivity index (χ3n) is 4.75. The molecule has 9 nitrogen and oxygen atoms in total. The highest BCUT2D eigenvalue weighted by Gasteiger charge is 2.29. The number of carbonyl (C=O) groups is 2. The Labute approximate surface area is 176 Å². The zero-order chi connectivity index (χ0) is 21.6. The molecule has 0 atom stereocenters. The summed E-state index contributed by atoms with van der Waals surface area (Å²) in [6.07, 6.45) is 3.12. The number of rotatable bonds is 7. The molecule has 0 spiro atoms. The molecular weight excluding hydrogens is 406 g/mol. The van der Waals surface area contributed by atoms with Crippen molar-refractivity contribution >= 4 is 27.5 Å². The number of aromatic nitrogens is 1. The molecular formula is C20H25N5O4S. The van der Waals surface area contributed by atoms with E-state index in [2.05, 4.69) is 15.6 Å². The van der Waals surface area contributed by atoms with Gasteiger partial charge in [0, 0.05) is 32.4 Å². The topological polar surface area (TPSA) is 112 Å². The number of anilines is 1. The van der Waals surface area contributed by atoms with Crippen LogP contribution in [-0.4, -0.2) is 73.7 Å². The number of amides is 2. The minimum Gasteiger partial charge on any atom is -0.346 e. The molecule has 0 aliphatic carbocycles. The van der Waals surface area contributed by atoms with E-state index >= 15 is 0 Å². The lowest BCUT2D eigenvalue weighted by Crippen LogP contribution is -2.51. The summed E-state index contributed by atoms with van der Waals surface area (Å²) in [5.74, 6) is -0.628. The molecule has 0 radical (unpaired) electrons. The molecule has 2 heterocycles. The monoisotopic (exact) mass is 431 g/mol. The van der Waals surface area contributed by atoms with Crippen LogP contribution in [0.2, 0.25) is 0 Å². The molecule has 30 heavy (non-hydrogen) atoms. The highest BCUT2D eigenvalue weighted by molar-refractivity contribution is 7.89. The van der Waals surface area contributed by atoms with Gasteiger partial charge < -0.3 is 10.6 Å². The van der Waals surface area contributed by atoms with Crippen molar-refractivity contribution in [2.24, 2.45) is 0 Å². The van der Waals surface area contributed by atoms with Gasteiger partial charge in [0.2, 0.25) is 21.8 Å². The van der Waals surface area contributed by atoms with Crippen LogP contribution in [0, 0.1) is 6.92 Å². The number of carbonyl (C=O) groups excluding carboxylic acids is 2. The van der Waals surface area contributed by atoms with Crippen molar-refractivity contribution in [2.75, 3.05) is 44.6 Å². The lowest BCUT2D eigenvalue weighted by molar-refractivity contribution is -0.125. The maximum absolute atomic E-state index is 12.7. The second kappa shape index (κ2) is 9.79. The largest absolute Gasteiger partial charge is 0.346 e. The second-order valence-corrected chi connectivity index (χ2v) is 9.00. The van der Waals surface area contributed by atoms with Crippen molar-refractivity contribution in [3.05, 3.63) is 54.4 Å². The summed E-state index contributed by atoms with van der Waals surface area (Å²) in [5.41, 5.74) is 1.56. The van der Waals surface area contributed by atoms with Gasteiger partial charge in [0.25, 0.3) is 0 Å². The smallest absolute Gasteiger partial charge is 0.243 e. The fourth-order valence-corrected chi connectivity index (χ4v) is 4.49. The second-order valence-electron chi connectivity index (χ2n) is 7.06. The van der Waals surface area contributed by atoms with E-state index in [9.17, 15) is 18.0 Å². The van der Waals surface area contributed by atoms with E-state index < -0.39 is 10.0 Å². The van der Waals surface area contributed by atoms with E-state index in [-0.39, 0.29) is 29.8 Å². The number of sulfonamides is 1. The van der Waals surface area contributed by atoms with Gasteiger partial charge in [-0.1, -0.05) is 17.7 Å². The third kappa shape index (κ3) is 5.85. The lowest BCUT2D eigenvalue weighted by Gasteiger charge is -2.33. The van der Waals surface area contributed by atoms with Crippen LogP contribution in [0.4, 0.5) is 5.69 Å². The lowest BCUT2D eigenvalue weighted by atomic mass is 10.2. The summed E-state index contributed by atoms with van der Waals surface area (Å²) < 4.78 is 26.9. The number of hydrogen-bond donors (Lipinski definition) is 2. The normalized spacial score (nSPS) is 15.5. The zero-order valence-corrected chi connectivity index (χ0v) is 17.6. The summed E-state index contributed by atoms with van der Waals surface area (Å²) in [4.78, 5) is 30.0. The summed E-state index contributed by atoms with van der Waals surface area (Å²) in [7, 11) is -3.53. The number of pyridine rings is 1. The Kier molecular flexibility index (Phi) is 7.14. The standard InChI is InChI=1S/C20H25N5O4S/c1-16-4-6-18(7-5-16)30(28,29)25-11-9-24(10-12-25)15-20(27)22-14-19(26)23-17-3-2-8-21-13-17/h2-8,13H,9-12,14-15H2,1H3,(H,22,27)(H,23,26). The number of nitrogens with one attached hydrogen (secondary N) is 2. The van der Waals surface area contributed by atoms with Crippen molar-refractivity contribution in [3.8, 4) is 0 Å². The Bertz CT molecular complexity index is 972. The molecule has 0 bridgehead atoms. The van der Waals surface area contributed by atoms with E-state index in [1.54, 1.807) is 42.6 Å². The Balaban J connectivity index is 1.42. The molecule has 2 amide bonds. The van der Waals surface area contributed by atoms with Gasteiger partial charge in [0.15, 0.2) is 0 Å². The fourth-order valence-electron chi connectivity index (χ4n) is 3.07. The average Bonchev–Trinajstić information content (AvgIpc) is 2.74. The summed E-state index contributed by atoms with van der Waals surface area (Å²) >= 11 is 0. The van der Waals surface area contributed by atoms with E-state index in [1.807, 2.05) is 11.8 Å². The van der Waals surface area contributed by atoms with Crippen LogP contribution in [-0.2, 0) is 19.6 Å². The molecule has 2 aromatic rings. The van der Waals surface area contributed by atoms with Crippen LogP contribution in [0.5, 0.6) is 0 Å². The molecule has 10 heteroatoms. The summed E-state index contributed by atoms with van der Waals surface area (Å²) in [6.45, 7) is 3.38. The predicted octanol–water partition coefficient (Wildman–Crippen LogP) is 0.451. The third-order valence-corrected chi connectivity index (χ3v) is 6.66. The fraction of sp³-hybridized carbons (Fsp3) is 0.350. The maximum Gasteiger partial charge on any atom is 0.243 e. The molecule has 1 fully saturated rings. The van der Waals surface area contributed by atoms with Crippen molar-refractivity contribution < 1.29 is 18.0 Å². The van der Waals surface area contributed by atoms with Crippen LogP contribution in [0.25, 0.3) is 0 Å². The number of hydrogen-bond acceptors (Lipinski definition) is 6. The van der Waals surface area contributed by atoms with Gasteiger partial charge in [0.05, 0.1) is 29.9 Å². The van der Waals surface area contributed by atoms with Crippen LogP contribution < -0.4 is 10.6 Å². The van der Waals surface area contributed by atoms with Gasteiger partial charge in [0.1, 0.15) is 0 Å². The quantitative estimate of drug-likeness (QED) is 0.659. The molecule has 3 rings (SSSR count). The van der Waals surface area contributed by atoms with Gasteiger partial charge in [-0.3, -0.25) is 19.5 Å². The number of nitrogens with zero attached hydrogens (tertiary/aromatic N) is 3. The van der Waals surface area contributed by atoms with Gasteiger partial charge >= 0.3 is 0 Å². The van der Waals surface area contributed by atoms with E-state index in [4.69, 9.17) is 0 Å². The van der Waals surface area contributed by atoms with Gasteiger partial charge in [-0.15, -0.1) is 0 Å². The highest BCUT2D eigenvalue weighted by Crippen LogP contribution is 2.18. The average molecular weight is 432 g/mol. The molecule has 1 aromatic heterocycles. The summed E-state index contributed by atoms with van der Waals surface area (Å²) in [6, 6.07) is 10.2. The molecule has 2 N–H and O–H groups in total. The van der Waals surface area contributed by atoms with Gasteiger partial charge in [-0.2, -0.15) is 4.31 Å². The molecule has 0 unspecified atom stereocenters. The molecule has 1 aliphatic heterocycles. The SMILES string of the molecule is Cc1ccc(S(=O)(=O)N2CCN(CC(=O)NCC(=O)Nc3cccnc3)CC2)cc1. The Morgan fingerprint density at radius 2 is 1.73 bits per heavy atom. The molecule has 160 valence electrons. The Hall–Kier alpha value is -2.82. The molecule has 0 saturated carbocycles. The van der Waals surface area contributed by atoms with Crippen molar-refractivity contribution in [3.63, 3.8) is 0 Å². The van der Waals surface area contributed by atoms with E-state index in [0.29, 0.717) is 31.9 Å². The van der Waals surface area contributed by atoms with E-state index in [0.717, 1.165) is 5.56 Å². The summed E-state index contributed by atoms with van der Waals surface area (Å²) in [5, 5.41) is 5.22. The Morgan fingerprint density at radius 1 is 1.03 bits per heavy atom. The van der Waals surface area contributed by atoms with Crippen LogP contribution in [0.15, 0.2) is 53.7 Å². The van der Waals surface area contributed by atoms with Crippen LogP contribution in [0.1, 0.15) is 5.56 Å². The Morgan fingerprint density at radius 3 is 2.37 bits per heavy atom.